The van der Waals surface area contributed by atoms with Gasteiger partial charge in [-0.2, -0.15) is 0 Å². The van der Waals surface area contributed by atoms with E-state index in [1.165, 1.54) is 5.56 Å². The smallest absolute Gasteiger partial charge is 0.0642 e. The molecule has 1 rings (SSSR count). The molecule has 0 saturated carbocycles. The van der Waals surface area contributed by atoms with E-state index in [0.717, 1.165) is 43.4 Å². The molecule has 0 aliphatic carbocycles. The number of anilines is 1. The molecule has 0 aliphatic heterocycles. The minimum atomic E-state index is 0.615. The minimum Gasteiger partial charge on any atom is -0.369 e. The first-order chi connectivity index (χ1) is 9.93. The fourth-order valence-corrected chi connectivity index (χ4v) is 2.58. The molecule has 1 aromatic carbocycles. The van der Waals surface area contributed by atoms with Gasteiger partial charge in [0.2, 0.25) is 0 Å². The second kappa shape index (κ2) is 9.29. The van der Waals surface area contributed by atoms with Gasteiger partial charge in [-0.15, -0.1) is 0 Å². The van der Waals surface area contributed by atoms with Crippen LogP contribution in [0.3, 0.4) is 0 Å². The first-order valence-corrected chi connectivity index (χ1v) is 8.20. The predicted octanol–water partition coefficient (Wildman–Crippen LogP) is 3.47. The standard InChI is InChI=1S/C17H30ClN3/c1-6-19-12-15-7-8-17(16(18)11-15)21(13-14(2)3)10-9-20(4)5/h7-8,11,14,19H,6,9-10,12-13H2,1-5H3. The molecule has 0 radical (unpaired) electrons. The van der Waals surface area contributed by atoms with Gasteiger partial charge in [0.15, 0.2) is 0 Å². The largest absolute Gasteiger partial charge is 0.369 e. The Morgan fingerprint density at radius 3 is 2.43 bits per heavy atom. The van der Waals surface area contributed by atoms with Crippen molar-refractivity contribution >= 4 is 17.3 Å². The molecule has 0 saturated heterocycles. The van der Waals surface area contributed by atoms with Crippen molar-refractivity contribution < 1.29 is 0 Å². The van der Waals surface area contributed by atoms with Crippen LogP contribution in [0.25, 0.3) is 0 Å². The Morgan fingerprint density at radius 2 is 1.90 bits per heavy atom. The maximum atomic E-state index is 6.52. The van der Waals surface area contributed by atoms with Gasteiger partial charge in [-0.1, -0.05) is 38.4 Å². The van der Waals surface area contributed by atoms with Crippen LogP contribution in [0.15, 0.2) is 18.2 Å². The molecule has 0 aromatic heterocycles. The van der Waals surface area contributed by atoms with Gasteiger partial charge in [-0.05, 0) is 44.3 Å². The number of benzene rings is 1. The Hall–Kier alpha value is -0.770. The van der Waals surface area contributed by atoms with Crippen molar-refractivity contribution in [3.8, 4) is 0 Å². The lowest BCUT2D eigenvalue weighted by Gasteiger charge is -2.29. The van der Waals surface area contributed by atoms with Crippen molar-refractivity contribution in [1.29, 1.82) is 0 Å². The number of halogens is 1. The molecule has 4 heteroatoms. The molecule has 0 aliphatic rings. The Labute approximate surface area is 135 Å². The Kier molecular flexibility index (Phi) is 8.09. The maximum absolute atomic E-state index is 6.52. The molecule has 1 N–H and O–H groups in total. The molecule has 21 heavy (non-hydrogen) atoms. The van der Waals surface area contributed by atoms with E-state index in [4.69, 9.17) is 11.6 Å². The van der Waals surface area contributed by atoms with E-state index in [0.29, 0.717) is 5.92 Å². The molecule has 3 nitrogen and oxygen atoms in total. The van der Waals surface area contributed by atoms with Gasteiger partial charge in [0.25, 0.3) is 0 Å². The van der Waals surface area contributed by atoms with Gasteiger partial charge in [0, 0.05) is 26.2 Å². The van der Waals surface area contributed by atoms with Gasteiger partial charge in [0.1, 0.15) is 0 Å². The van der Waals surface area contributed by atoms with Gasteiger partial charge < -0.3 is 15.1 Å². The first kappa shape index (κ1) is 18.3. The SMILES string of the molecule is CCNCc1ccc(N(CCN(C)C)CC(C)C)c(Cl)c1. The summed E-state index contributed by atoms with van der Waals surface area (Å²) in [5.74, 6) is 0.615. The lowest BCUT2D eigenvalue weighted by molar-refractivity contribution is 0.409. The Balaban J connectivity index is 2.85. The lowest BCUT2D eigenvalue weighted by atomic mass is 10.1. The first-order valence-electron chi connectivity index (χ1n) is 7.82. The quantitative estimate of drug-likeness (QED) is 0.753. The van der Waals surface area contributed by atoms with E-state index in [1.807, 2.05) is 0 Å². The van der Waals surface area contributed by atoms with E-state index in [-0.39, 0.29) is 0 Å². The zero-order valence-corrected chi connectivity index (χ0v) is 14.9. The van der Waals surface area contributed by atoms with Crippen molar-refractivity contribution in [2.75, 3.05) is 45.2 Å². The molecule has 1 aromatic rings. The van der Waals surface area contributed by atoms with Crippen molar-refractivity contribution in [2.24, 2.45) is 5.92 Å². The zero-order chi connectivity index (χ0) is 15.8. The number of hydrogen-bond donors (Lipinski definition) is 1. The third-order valence-electron chi connectivity index (χ3n) is 3.33. The topological polar surface area (TPSA) is 18.5 Å². The van der Waals surface area contributed by atoms with Crippen LogP contribution in [0.1, 0.15) is 26.3 Å². The van der Waals surface area contributed by atoms with Crippen LogP contribution in [0.2, 0.25) is 5.02 Å². The number of hydrogen-bond acceptors (Lipinski definition) is 3. The highest BCUT2D eigenvalue weighted by atomic mass is 35.5. The summed E-state index contributed by atoms with van der Waals surface area (Å²) in [7, 11) is 4.21. The highest BCUT2D eigenvalue weighted by molar-refractivity contribution is 6.33. The summed E-state index contributed by atoms with van der Waals surface area (Å²) in [5.41, 5.74) is 2.38. The summed E-state index contributed by atoms with van der Waals surface area (Å²) < 4.78 is 0. The molecule has 0 atom stereocenters. The van der Waals surface area contributed by atoms with E-state index in [9.17, 15) is 0 Å². The summed E-state index contributed by atoms with van der Waals surface area (Å²) in [6, 6.07) is 6.42. The highest BCUT2D eigenvalue weighted by Gasteiger charge is 2.13. The molecule has 0 spiro atoms. The molecule has 120 valence electrons. The van der Waals surface area contributed by atoms with Crippen LogP contribution in [0.4, 0.5) is 5.69 Å². The molecular formula is C17H30ClN3. The van der Waals surface area contributed by atoms with E-state index in [2.05, 4.69) is 68.2 Å². The van der Waals surface area contributed by atoms with Crippen LogP contribution in [0, 0.1) is 5.92 Å². The fraction of sp³-hybridized carbons (Fsp3) is 0.647. The van der Waals surface area contributed by atoms with E-state index >= 15 is 0 Å². The second-order valence-electron chi connectivity index (χ2n) is 6.21. The average Bonchev–Trinajstić information content (AvgIpc) is 2.41. The highest BCUT2D eigenvalue weighted by Crippen LogP contribution is 2.27. The van der Waals surface area contributed by atoms with Crippen molar-refractivity contribution in [3.05, 3.63) is 28.8 Å². The number of likely N-dealkylation sites (N-methyl/N-ethyl adjacent to an activating group) is 1. The van der Waals surface area contributed by atoms with Crippen LogP contribution in [-0.2, 0) is 6.54 Å². The van der Waals surface area contributed by atoms with Gasteiger partial charge in [-0.3, -0.25) is 0 Å². The summed E-state index contributed by atoms with van der Waals surface area (Å²) >= 11 is 6.52. The van der Waals surface area contributed by atoms with Gasteiger partial charge in [-0.25, -0.2) is 0 Å². The van der Waals surface area contributed by atoms with Gasteiger partial charge >= 0.3 is 0 Å². The third-order valence-corrected chi connectivity index (χ3v) is 3.64. The molecule has 0 bridgehead atoms. The van der Waals surface area contributed by atoms with Crippen molar-refractivity contribution in [1.82, 2.24) is 10.2 Å². The summed E-state index contributed by atoms with van der Waals surface area (Å²) in [4.78, 5) is 4.60. The second-order valence-corrected chi connectivity index (χ2v) is 6.62. The molecule has 0 fully saturated rings. The normalized spacial score (nSPS) is 11.4. The zero-order valence-electron chi connectivity index (χ0n) is 14.1. The molecular weight excluding hydrogens is 282 g/mol. The van der Waals surface area contributed by atoms with Crippen LogP contribution in [0.5, 0.6) is 0 Å². The Bertz CT molecular complexity index is 418. The average molecular weight is 312 g/mol. The minimum absolute atomic E-state index is 0.615. The van der Waals surface area contributed by atoms with E-state index in [1.54, 1.807) is 0 Å². The molecule has 0 heterocycles. The third kappa shape index (κ3) is 6.68. The van der Waals surface area contributed by atoms with Crippen molar-refractivity contribution in [3.63, 3.8) is 0 Å². The fourth-order valence-electron chi connectivity index (χ4n) is 2.26. The van der Waals surface area contributed by atoms with Crippen molar-refractivity contribution in [2.45, 2.75) is 27.3 Å². The van der Waals surface area contributed by atoms with Gasteiger partial charge in [0.05, 0.1) is 10.7 Å². The number of nitrogens with zero attached hydrogens (tertiary/aromatic N) is 2. The number of rotatable bonds is 9. The van der Waals surface area contributed by atoms with Crippen LogP contribution < -0.4 is 10.2 Å². The summed E-state index contributed by atoms with van der Waals surface area (Å²) in [6.45, 7) is 11.5. The predicted molar refractivity (Wildman–Crippen MR) is 94.4 cm³/mol. The maximum Gasteiger partial charge on any atom is 0.0642 e. The summed E-state index contributed by atoms with van der Waals surface area (Å²) in [6.07, 6.45) is 0. The monoisotopic (exact) mass is 311 g/mol. The van der Waals surface area contributed by atoms with E-state index < -0.39 is 0 Å². The lowest BCUT2D eigenvalue weighted by Crippen LogP contribution is -2.34. The molecule has 0 unspecified atom stereocenters. The van der Waals surface area contributed by atoms with Crippen LogP contribution in [-0.4, -0.2) is 45.2 Å². The number of nitrogens with one attached hydrogen (secondary N) is 1. The Morgan fingerprint density at radius 1 is 1.19 bits per heavy atom. The van der Waals surface area contributed by atoms with Crippen LogP contribution >= 0.6 is 11.6 Å². The molecule has 0 amide bonds. The summed E-state index contributed by atoms with van der Waals surface area (Å²) in [5, 5.41) is 4.19.